The largest absolute Gasteiger partial charge is 0.454 e. The van der Waals surface area contributed by atoms with Crippen molar-refractivity contribution < 1.29 is 18.3 Å². The first kappa shape index (κ1) is 11.7. The molecule has 1 aromatic carbocycles. The van der Waals surface area contributed by atoms with Crippen LogP contribution in [0.15, 0.2) is 12.1 Å². The third kappa shape index (κ3) is 1.65. The molecule has 0 bridgehead atoms. The normalized spacial score (nSPS) is 20.0. The number of rotatable bonds is 3. The second-order valence-electron chi connectivity index (χ2n) is 5.12. The van der Waals surface area contributed by atoms with Gasteiger partial charge < -0.3 is 15.2 Å². The molecule has 1 heterocycles. The third-order valence-electron chi connectivity index (χ3n) is 3.80. The van der Waals surface area contributed by atoms with Crippen LogP contribution in [0.5, 0.6) is 11.5 Å². The van der Waals surface area contributed by atoms with Gasteiger partial charge in [0.2, 0.25) is 6.79 Å². The van der Waals surface area contributed by atoms with E-state index in [0.717, 1.165) is 19.8 Å². The van der Waals surface area contributed by atoms with Gasteiger partial charge in [0.05, 0.1) is 0 Å². The van der Waals surface area contributed by atoms with Crippen LogP contribution in [0.4, 0.5) is 8.78 Å². The Bertz CT molecular complexity index is 492. The average Bonchev–Trinajstić information content (AvgIpc) is 2.98. The van der Waals surface area contributed by atoms with E-state index in [4.69, 9.17) is 15.2 Å². The Hall–Kier alpha value is -1.36. The van der Waals surface area contributed by atoms with Gasteiger partial charge in [-0.15, -0.1) is 0 Å². The molecule has 0 saturated heterocycles. The lowest BCUT2D eigenvalue weighted by molar-refractivity contribution is 0.0158. The highest BCUT2D eigenvalue weighted by atomic mass is 19.3. The second-order valence-corrected chi connectivity index (χ2v) is 5.12. The van der Waals surface area contributed by atoms with Crippen LogP contribution in [0.3, 0.4) is 0 Å². The number of ether oxygens (including phenoxy) is 2. The molecule has 18 heavy (non-hydrogen) atoms. The molecule has 5 heteroatoms. The minimum atomic E-state index is -2.90. The minimum Gasteiger partial charge on any atom is -0.454 e. The van der Waals surface area contributed by atoms with E-state index in [0.29, 0.717) is 23.6 Å². The van der Waals surface area contributed by atoms with Crippen LogP contribution in [0, 0.1) is 0 Å². The van der Waals surface area contributed by atoms with Gasteiger partial charge in [-0.05, 0) is 30.5 Å². The summed E-state index contributed by atoms with van der Waals surface area (Å²) < 4.78 is 37.9. The van der Waals surface area contributed by atoms with E-state index in [9.17, 15) is 8.78 Å². The van der Waals surface area contributed by atoms with Crippen LogP contribution in [0.2, 0.25) is 0 Å². The Morgan fingerprint density at radius 1 is 1.28 bits per heavy atom. The zero-order valence-electron chi connectivity index (χ0n) is 10.1. The van der Waals surface area contributed by atoms with Crippen LogP contribution < -0.4 is 15.2 Å². The van der Waals surface area contributed by atoms with Crippen LogP contribution in [-0.4, -0.2) is 13.3 Å². The molecular formula is C13H15F2NO2. The van der Waals surface area contributed by atoms with Gasteiger partial charge >= 0.3 is 0 Å². The summed E-state index contributed by atoms with van der Waals surface area (Å²) in [5.41, 5.74) is 6.07. The van der Waals surface area contributed by atoms with E-state index < -0.39 is 5.92 Å². The molecule has 3 nitrogen and oxygen atoms in total. The first-order chi connectivity index (χ1) is 8.46. The van der Waals surface area contributed by atoms with Gasteiger partial charge in [-0.3, -0.25) is 0 Å². The summed E-state index contributed by atoms with van der Waals surface area (Å²) in [7, 11) is 0. The molecule has 1 saturated carbocycles. The fourth-order valence-corrected chi connectivity index (χ4v) is 2.48. The SMILES string of the molecule is CC(F)(F)c1cc2c(cc1C1(CN)CC1)OCO2. The van der Waals surface area contributed by atoms with Gasteiger partial charge in [0.15, 0.2) is 11.5 Å². The smallest absolute Gasteiger partial charge is 0.270 e. The van der Waals surface area contributed by atoms with E-state index in [1.54, 1.807) is 6.07 Å². The molecular weight excluding hydrogens is 240 g/mol. The molecule has 1 aromatic rings. The fraction of sp³-hybridized carbons (Fsp3) is 0.538. The van der Waals surface area contributed by atoms with Crippen LogP contribution in [-0.2, 0) is 11.3 Å². The van der Waals surface area contributed by atoms with Gasteiger partial charge in [0.1, 0.15) is 0 Å². The Balaban J connectivity index is 2.17. The number of hydrogen-bond donors (Lipinski definition) is 1. The van der Waals surface area contributed by atoms with E-state index >= 15 is 0 Å². The first-order valence-electron chi connectivity index (χ1n) is 5.99. The molecule has 2 N–H and O–H groups in total. The van der Waals surface area contributed by atoms with E-state index in [-0.39, 0.29) is 17.8 Å². The Kier molecular flexibility index (Phi) is 2.32. The summed E-state index contributed by atoms with van der Waals surface area (Å²) in [6.45, 7) is 1.37. The third-order valence-corrected chi connectivity index (χ3v) is 3.80. The molecule has 0 amide bonds. The zero-order valence-corrected chi connectivity index (χ0v) is 10.1. The highest BCUT2D eigenvalue weighted by Crippen LogP contribution is 2.53. The lowest BCUT2D eigenvalue weighted by atomic mass is 9.88. The van der Waals surface area contributed by atoms with Crippen LogP contribution in [0.25, 0.3) is 0 Å². The number of fused-ring (bicyclic) bond motifs is 1. The van der Waals surface area contributed by atoms with Crippen molar-refractivity contribution in [1.29, 1.82) is 0 Å². The van der Waals surface area contributed by atoms with Crippen molar-refractivity contribution in [3.63, 3.8) is 0 Å². The van der Waals surface area contributed by atoms with E-state index in [1.165, 1.54) is 6.07 Å². The highest BCUT2D eigenvalue weighted by molar-refractivity contribution is 5.54. The van der Waals surface area contributed by atoms with Crippen molar-refractivity contribution in [3.05, 3.63) is 23.3 Å². The molecule has 0 unspecified atom stereocenters. The summed E-state index contributed by atoms with van der Waals surface area (Å²) >= 11 is 0. The maximum absolute atomic E-state index is 13.7. The number of halogens is 2. The lowest BCUT2D eigenvalue weighted by Crippen LogP contribution is -2.24. The number of alkyl halides is 2. The minimum absolute atomic E-state index is 0.00898. The maximum atomic E-state index is 13.7. The van der Waals surface area contributed by atoms with Crippen molar-refractivity contribution in [1.82, 2.24) is 0 Å². The first-order valence-corrected chi connectivity index (χ1v) is 5.99. The molecule has 1 aliphatic heterocycles. The molecule has 0 atom stereocenters. The summed E-state index contributed by atoms with van der Waals surface area (Å²) in [5, 5.41) is 0. The molecule has 98 valence electrons. The molecule has 0 spiro atoms. The van der Waals surface area contributed by atoms with Crippen LogP contribution in [0.1, 0.15) is 30.9 Å². The molecule has 1 aliphatic carbocycles. The molecule has 3 rings (SSSR count). The zero-order chi connectivity index (χ0) is 13.0. The highest BCUT2D eigenvalue weighted by Gasteiger charge is 2.47. The summed E-state index contributed by atoms with van der Waals surface area (Å²) in [5.74, 6) is -1.97. The van der Waals surface area contributed by atoms with Gasteiger partial charge in [0, 0.05) is 24.4 Å². The number of nitrogens with two attached hydrogens (primary N) is 1. The van der Waals surface area contributed by atoms with Gasteiger partial charge in [-0.2, -0.15) is 0 Å². The topological polar surface area (TPSA) is 44.5 Å². The Morgan fingerprint density at radius 3 is 2.39 bits per heavy atom. The molecule has 1 fully saturated rings. The van der Waals surface area contributed by atoms with Gasteiger partial charge in [-0.25, -0.2) is 8.78 Å². The number of benzene rings is 1. The predicted molar refractivity (Wildman–Crippen MR) is 62.1 cm³/mol. The molecule has 2 aliphatic rings. The molecule has 0 aromatic heterocycles. The van der Waals surface area contributed by atoms with Crippen molar-refractivity contribution >= 4 is 0 Å². The fourth-order valence-electron chi connectivity index (χ4n) is 2.48. The second kappa shape index (κ2) is 3.57. The van der Waals surface area contributed by atoms with Crippen molar-refractivity contribution in [3.8, 4) is 11.5 Å². The Morgan fingerprint density at radius 2 is 1.89 bits per heavy atom. The lowest BCUT2D eigenvalue weighted by Gasteiger charge is -2.22. The van der Waals surface area contributed by atoms with Crippen molar-refractivity contribution in [2.24, 2.45) is 5.73 Å². The van der Waals surface area contributed by atoms with Crippen molar-refractivity contribution in [2.75, 3.05) is 13.3 Å². The summed E-state index contributed by atoms with van der Waals surface area (Å²) in [6.07, 6.45) is 1.71. The monoisotopic (exact) mass is 255 g/mol. The van der Waals surface area contributed by atoms with Gasteiger partial charge in [-0.1, -0.05) is 0 Å². The van der Waals surface area contributed by atoms with E-state index in [2.05, 4.69) is 0 Å². The van der Waals surface area contributed by atoms with E-state index in [1.807, 2.05) is 0 Å². The van der Waals surface area contributed by atoms with Crippen LogP contribution >= 0.6 is 0 Å². The summed E-state index contributed by atoms with van der Waals surface area (Å²) in [6, 6.07) is 3.07. The average molecular weight is 255 g/mol. The summed E-state index contributed by atoms with van der Waals surface area (Å²) in [4.78, 5) is 0. The standard InChI is InChI=1S/C13H15F2NO2/c1-12(14,15)8-4-10-11(18-7-17-10)5-9(8)13(6-16)2-3-13/h4-5H,2-3,6-7,16H2,1H3. The maximum Gasteiger partial charge on any atom is 0.270 e. The Labute approximate surface area is 104 Å². The van der Waals surface area contributed by atoms with Gasteiger partial charge in [0.25, 0.3) is 5.92 Å². The number of hydrogen-bond acceptors (Lipinski definition) is 3. The predicted octanol–water partition coefficient (Wildman–Crippen LogP) is 2.52. The molecule has 0 radical (unpaired) electrons. The quantitative estimate of drug-likeness (QED) is 0.902. The van der Waals surface area contributed by atoms with Crippen molar-refractivity contribution in [2.45, 2.75) is 31.1 Å².